The molecule has 0 spiro atoms. The minimum absolute atomic E-state index is 0.0628. The predicted molar refractivity (Wildman–Crippen MR) is 92.3 cm³/mol. The van der Waals surface area contributed by atoms with Crippen molar-refractivity contribution in [1.29, 1.82) is 0 Å². The van der Waals surface area contributed by atoms with Gasteiger partial charge in [0.15, 0.2) is 0 Å². The quantitative estimate of drug-likeness (QED) is 0.846. The molecule has 0 radical (unpaired) electrons. The Bertz CT molecular complexity index is 1060. The van der Waals surface area contributed by atoms with Gasteiger partial charge in [-0.1, -0.05) is 11.6 Å². The second-order valence-corrected chi connectivity index (χ2v) is 9.52. The maximum absolute atomic E-state index is 13.2. The maximum Gasteiger partial charge on any atom is 0.265 e. The van der Waals surface area contributed by atoms with Crippen molar-refractivity contribution in [2.24, 2.45) is 0 Å². The molecule has 1 aliphatic heterocycles. The van der Waals surface area contributed by atoms with Crippen LogP contribution >= 0.6 is 11.6 Å². The average molecular weight is 405 g/mol. The lowest BCUT2D eigenvalue weighted by molar-refractivity contribution is 0.587. The molecule has 0 saturated heterocycles. The van der Waals surface area contributed by atoms with Crippen LogP contribution in [-0.2, 0) is 26.5 Å². The SMILES string of the molecule is CNS(=O)(=O)c1ccc2c(c1)CCN2S(=O)(=O)c1ccc(F)cc1Cl. The Hall–Kier alpha value is -1.68. The van der Waals surface area contributed by atoms with Crippen LogP contribution in [-0.4, -0.2) is 30.4 Å². The van der Waals surface area contributed by atoms with Crippen molar-refractivity contribution in [3.63, 3.8) is 0 Å². The molecule has 1 aliphatic rings. The van der Waals surface area contributed by atoms with E-state index in [0.29, 0.717) is 17.7 Å². The number of nitrogens with zero attached hydrogens (tertiary/aromatic N) is 1. The fourth-order valence-corrected chi connectivity index (χ4v) is 5.48. The second-order valence-electron chi connectivity index (χ2n) is 5.40. The van der Waals surface area contributed by atoms with Gasteiger partial charge in [-0.15, -0.1) is 0 Å². The van der Waals surface area contributed by atoms with E-state index in [1.807, 2.05) is 0 Å². The zero-order valence-electron chi connectivity index (χ0n) is 13.0. The summed E-state index contributed by atoms with van der Waals surface area (Å²) in [5.41, 5.74) is 0.980. The van der Waals surface area contributed by atoms with Gasteiger partial charge in [-0.2, -0.15) is 0 Å². The van der Waals surface area contributed by atoms with E-state index >= 15 is 0 Å². The molecule has 0 aromatic heterocycles. The number of anilines is 1. The summed E-state index contributed by atoms with van der Waals surface area (Å²) in [7, 11) is -6.30. The first-order valence-electron chi connectivity index (χ1n) is 7.21. The Morgan fingerprint density at radius 2 is 1.84 bits per heavy atom. The van der Waals surface area contributed by atoms with E-state index in [1.165, 1.54) is 25.2 Å². The van der Waals surface area contributed by atoms with Crippen molar-refractivity contribution in [2.45, 2.75) is 16.2 Å². The van der Waals surface area contributed by atoms with E-state index < -0.39 is 25.9 Å². The summed E-state index contributed by atoms with van der Waals surface area (Å²) in [4.78, 5) is -0.136. The zero-order chi connectivity index (χ0) is 18.4. The normalized spacial score (nSPS) is 14.6. The fraction of sp³-hybridized carbons (Fsp3) is 0.200. The van der Waals surface area contributed by atoms with Gasteiger partial charge in [-0.25, -0.2) is 25.9 Å². The number of hydrogen-bond acceptors (Lipinski definition) is 4. The third kappa shape index (κ3) is 3.12. The fourth-order valence-electron chi connectivity index (χ4n) is 2.69. The minimum Gasteiger partial charge on any atom is -0.266 e. The Morgan fingerprint density at radius 1 is 1.12 bits per heavy atom. The lowest BCUT2D eigenvalue weighted by Gasteiger charge is -2.20. The number of fused-ring (bicyclic) bond motifs is 1. The number of rotatable bonds is 4. The number of halogens is 2. The smallest absolute Gasteiger partial charge is 0.265 e. The molecule has 10 heteroatoms. The Morgan fingerprint density at radius 3 is 2.48 bits per heavy atom. The lowest BCUT2D eigenvalue weighted by atomic mass is 10.2. The van der Waals surface area contributed by atoms with Crippen molar-refractivity contribution in [2.75, 3.05) is 17.9 Å². The standard InChI is InChI=1S/C15H14ClFN2O4S2/c1-18-24(20,21)12-3-4-14-10(8-12)6-7-19(14)25(22,23)15-5-2-11(17)9-13(15)16/h2-5,8-9,18H,6-7H2,1H3. The van der Waals surface area contributed by atoms with Crippen LogP contribution in [0, 0.1) is 5.82 Å². The largest absolute Gasteiger partial charge is 0.266 e. The first kappa shape index (κ1) is 18.1. The van der Waals surface area contributed by atoms with E-state index in [2.05, 4.69) is 4.72 Å². The summed E-state index contributed by atoms with van der Waals surface area (Å²) in [6.07, 6.45) is 0.362. The molecule has 0 unspecified atom stereocenters. The van der Waals surface area contributed by atoms with Crippen molar-refractivity contribution in [3.8, 4) is 0 Å². The monoisotopic (exact) mass is 404 g/mol. The highest BCUT2D eigenvalue weighted by Gasteiger charge is 2.33. The maximum atomic E-state index is 13.2. The predicted octanol–water partition coefficient (Wildman–Crippen LogP) is 2.14. The van der Waals surface area contributed by atoms with Crippen LogP contribution in [0.25, 0.3) is 0 Å². The Balaban J connectivity index is 2.06. The van der Waals surface area contributed by atoms with Gasteiger partial charge in [0.2, 0.25) is 10.0 Å². The van der Waals surface area contributed by atoms with Crippen molar-refractivity contribution < 1.29 is 21.2 Å². The number of sulfonamides is 2. The van der Waals surface area contributed by atoms with Gasteiger partial charge in [0, 0.05) is 6.54 Å². The summed E-state index contributed by atoms with van der Waals surface area (Å²) in [5.74, 6) is -0.632. The summed E-state index contributed by atoms with van der Waals surface area (Å²) in [6.45, 7) is 0.147. The molecule has 134 valence electrons. The number of benzene rings is 2. The third-order valence-electron chi connectivity index (χ3n) is 3.94. The number of nitrogens with one attached hydrogen (secondary N) is 1. The van der Waals surface area contributed by atoms with Gasteiger partial charge in [-0.3, -0.25) is 4.31 Å². The van der Waals surface area contributed by atoms with Gasteiger partial charge in [0.1, 0.15) is 10.7 Å². The van der Waals surface area contributed by atoms with E-state index in [0.717, 1.165) is 22.5 Å². The Labute approximate surface area is 150 Å². The van der Waals surface area contributed by atoms with Crippen molar-refractivity contribution in [1.82, 2.24) is 4.72 Å². The molecule has 2 aromatic carbocycles. The lowest BCUT2D eigenvalue weighted by Crippen LogP contribution is -2.29. The molecule has 2 aromatic rings. The van der Waals surface area contributed by atoms with E-state index in [-0.39, 0.29) is 21.4 Å². The topological polar surface area (TPSA) is 83.6 Å². The molecule has 25 heavy (non-hydrogen) atoms. The van der Waals surface area contributed by atoms with Crippen LogP contribution in [0.2, 0.25) is 5.02 Å². The van der Waals surface area contributed by atoms with Gasteiger partial charge in [0.05, 0.1) is 15.6 Å². The molecule has 0 aliphatic carbocycles. The first-order valence-corrected chi connectivity index (χ1v) is 10.5. The van der Waals surface area contributed by atoms with Crippen molar-refractivity contribution in [3.05, 3.63) is 52.8 Å². The zero-order valence-corrected chi connectivity index (χ0v) is 15.4. The van der Waals surface area contributed by atoms with Crippen LogP contribution < -0.4 is 9.03 Å². The van der Waals surface area contributed by atoms with E-state index in [9.17, 15) is 21.2 Å². The van der Waals surface area contributed by atoms with Crippen LogP contribution in [0.5, 0.6) is 0 Å². The highest BCUT2D eigenvalue weighted by molar-refractivity contribution is 7.93. The van der Waals surface area contributed by atoms with Crippen LogP contribution in [0.3, 0.4) is 0 Å². The molecule has 3 rings (SSSR count). The molecule has 0 fully saturated rings. The summed E-state index contributed by atoms with van der Waals surface area (Å²) >= 11 is 5.89. The first-order chi connectivity index (χ1) is 11.7. The molecule has 0 atom stereocenters. The molecular formula is C15H14ClFN2O4S2. The molecule has 1 heterocycles. The van der Waals surface area contributed by atoms with Crippen LogP contribution in [0.4, 0.5) is 10.1 Å². The minimum atomic E-state index is -3.98. The third-order valence-corrected chi connectivity index (χ3v) is 7.65. The average Bonchev–Trinajstić information content (AvgIpc) is 2.98. The van der Waals surface area contributed by atoms with E-state index in [4.69, 9.17) is 11.6 Å². The van der Waals surface area contributed by atoms with E-state index in [1.54, 1.807) is 0 Å². The van der Waals surface area contributed by atoms with Crippen LogP contribution in [0.1, 0.15) is 5.56 Å². The van der Waals surface area contributed by atoms with Gasteiger partial charge >= 0.3 is 0 Å². The second kappa shape index (κ2) is 6.24. The van der Waals surface area contributed by atoms with Gasteiger partial charge in [-0.05, 0) is 55.4 Å². The molecule has 0 bridgehead atoms. The summed E-state index contributed by atoms with van der Waals surface area (Å²) in [5, 5.41) is -0.206. The highest BCUT2D eigenvalue weighted by Crippen LogP contribution is 2.36. The molecule has 1 N–H and O–H groups in total. The Kier molecular flexibility index (Phi) is 4.52. The molecule has 0 saturated carbocycles. The summed E-state index contributed by atoms with van der Waals surface area (Å²) in [6, 6.07) is 7.31. The molecule has 6 nitrogen and oxygen atoms in total. The molecule has 0 amide bonds. The number of hydrogen-bond donors (Lipinski definition) is 1. The van der Waals surface area contributed by atoms with Gasteiger partial charge < -0.3 is 0 Å². The van der Waals surface area contributed by atoms with Gasteiger partial charge in [0.25, 0.3) is 10.0 Å². The summed E-state index contributed by atoms with van der Waals surface area (Å²) < 4.78 is 66.0. The molecular weight excluding hydrogens is 391 g/mol. The highest BCUT2D eigenvalue weighted by atomic mass is 35.5. The van der Waals surface area contributed by atoms with Crippen LogP contribution in [0.15, 0.2) is 46.2 Å². The van der Waals surface area contributed by atoms with Crippen molar-refractivity contribution >= 4 is 37.3 Å².